The molecule has 0 unspecified atom stereocenters. The monoisotopic (exact) mass is 482 g/mol. The third-order valence-electron chi connectivity index (χ3n) is 7.18. The molecule has 0 bridgehead atoms. The van der Waals surface area contributed by atoms with Crippen molar-refractivity contribution < 1.29 is 4.79 Å². The highest BCUT2D eigenvalue weighted by Crippen LogP contribution is 2.39. The van der Waals surface area contributed by atoms with E-state index in [1.165, 1.54) is 40.7 Å². The number of piperazine rings is 1. The van der Waals surface area contributed by atoms with E-state index in [1.54, 1.807) is 0 Å². The molecule has 4 aromatic rings. The summed E-state index contributed by atoms with van der Waals surface area (Å²) in [5.41, 5.74) is 3.47. The van der Waals surface area contributed by atoms with E-state index in [4.69, 9.17) is 9.97 Å². The number of carbonyl (C=O) groups is 1. The van der Waals surface area contributed by atoms with Crippen LogP contribution in [0.5, 0.6) is 0 Å². The largest absolute Gasteiger partial charge is 0.352 e. The number of aromatic nitrogens is 2. The molecular formula is C29H30N4OS. The van der Waals surface area contributed by atoms with Crippen molar-refractivity contribution >= 4 is 33.3 Å². The third kappa shape index (κ3) is 4.55. The number of nitrogens with zero attached hydrogens (tertiary/aromatic N) is 4. The van der Waals surface area contributed by atoms with Gasteiger partial charge in [0.2, 0.25) is 0 Å². The Labute approximate surface area is 210 Å². The summed E-state index contributed by atoms with van der Waals surface area (Å²) in [5, 5.41) is 1.27. The zero-order chi connectivity index (χ0) is 23.6. The van der Waals surface area contributed by atoms with Gasteiger partial charge in [0.1, 0.15) is 16.5 Å². The van der Waals surface area contributed by atoms with Gasteiger partial charge in [-0.25, -0.2) is 9.97 Å². The quantitative estimate of drug-likeness (QED) is 0.360. The molecule has 178 valence electrons. The van der Waals surface area contributed by atoms with Gasteiger partial charge in [0.15, 0.2) is 0 Å². The van der Waals surface area contributed by atoms with Gasteiger partial charge in [-0.2, -0.15) is 0 Å². The van der Waals surface area contributed by atoms with Crippen LogP contribution in [0.25, 0.3) is 10.2 Å². The Balaban J connectivity index is 1.32. The molecular weight excluding hydrogens is 452 g/mol. The van der Waals surface area contributed by atoms with Crippen molar-refractivity contribution in [3.8, 4) is 0 Å². The van der Waals surface area contributed by atoms with Gasteiger partial charge in [0.25, 0.3) is 5.91 Å². The summed E-state index contributed by atoms with van der Waals surface area (Å²) in [6.45, 7) is 3.00. The van der Waals surface area contributed by atoms with Crippen LogP contribution in [0.3, 0.4) is 0 Å². The minimum atomic E-state index is 0.118. The Hall–Kier alpha value is -3.25. The molecule has 0 saturated carbocycles. The minimum absolute atomic E-state index is 0.118. The maximum atomic E-state index is 13.0. The number of fused-ring (bicyclic) bond motifs is 3. The fraction of sp³-hybridized carbons (Fsp3) is 0.345. The number of thiophene rings is 1. The molecule has 0 spiro atoms. The van der Waals surface area contributed by atoms with E-state index < -0.39 is 0 Å². The molecule has 1 saturated heterocycles. The van der Waals surface area contributed by atoms with Gasteiger partial charge in [0.05, 0.1) is 5.39 Å². The van der Waals surface area contributed by atoms with Crippen LogP contribution in [0.15, 0.2) is 60.7 Å². The van der Waals surface area contributed by atoms with Crippen LogP contribution in [0.4, 0.5) is 5.82 Å². The number of hydrogen-bond acceptors (Lipinski definition) is 5. The lowest BCUT2D eigenvalue weighted by molar-refractivity contribution is 0.0746. The van der Waals surface area contributed by atoms with Crippen molar-refractivity contribution in [1.82, 2.24) is 14.9 Å². The first-order valence-electron chi connectivity index (χ1n) is 12.7. The maximum Gasteiger partial charge on any atom is 0.253 e. The van der Waals surface area contributed by atoms with Crippen LogP contribution in [-0.2, 0) is 19.3 Å². The average molecular weight is 483 g/mol. The zero-order valence-corrected chi connectivity index (χ0v) is 20.8. The Morgan fingerprint density at radius 1 is 0.829 bits per heavy atom. The highest BCUT2D eigenvalue weighted by molar-refractivity contribution is 7.19. The summed E-state index contributed by atoms with van der Waals surface area (Å²) < 4.78 is 0. The Kier molecular flexibility index (Phi) is 6.21. The molecule has 0 radical (unpaired) electrons. The Morgan fingerprint density at radius 3 is 2.31 bits per heavy atom. The van der Waals surface area contributed by atoms with Gasteiger partial charge >= 0.3 is 0 Å². The van der Waals surface area contributed by atoms with Crippen LogP contribution in [-0.4, -0.2) is 47.0 Å². The van der Waals surface area contributed by atoms with Gasteiger partial charge in [-0.05, 0) is 48.9 Å². The van der Waals surface area contributed by atoms with Crippen molar-refractivity contribution in [2.45, 2.75) is 38.5 Å². The molecule has 35 heavy (non-hydrogen) atoms. The van der Waals surface area contributed by atoms with E-state index in [9.17, 15) is 4.79 Å². The van der Waals surface area contributed by atoms with Crippen molar-refractivity contribution in [2.75, 3.05) is 31.1 Å². The third-order valence-corrected chi connectivity index (χ3v) is 8.37. The molecule has 1 fully saturated rings. The number of rotatable bonds is 4. The number of amides is 1. The maximum absolute atomic E-state index is 13.0. The zero-order valence-electron chi connectivity index (χ0n) is 19.9. The first-order chi connectivity index (χ1) is 17.3. The molecule has 0 N–H and O–H groups in total. The van der Waals surface area contributed by atoms with Crippen molar-refractivity contribution in [2.24, 2.45) is 0 Å². The number of anilines is 1. The van der Waals surface area contributed by atoms with Crippen LogP contribution in [0.1, 0.15) is 51.4 Å². The first kappa shape index (κ1) is 22.2. The summed E-state index contributed by atoms with van der Waals surface area (Å²) in [4.78, 5) is 30.2. The smallest absolute Gasteiger partial charge is 0.253 e. The second-order valence-corrected chi connectivity index (χ2v) is 10.6. The van der Waals surface area contributed by atoms with E-state index in [-0.39, 0.29) is 5.91 Å². The lowest BCUT2D eigenvalue weighted by Gasteiger charge is -2.36. The van der Waals surface area contributed by atoms with Gasteiger partial charge < -0.3 is 9.80 Å². The van der Waals surface area contributed by atoms with Gasteiger partial charge in [-0.1, -0.05) is 55.0 Å². The second-order valence-electron chi connectivity index (χ2n) is 9.52. The minimum Gasteiger partial charge on any atom is -0.352 e. The predicted molar refractivity (Wildman–Crippen MR) is 142 cm³/mol. The molecule has 2 aromatic carbocycles. The molecule has 3 heterocycles. The van der Waals surface area contributed by atoms with Crippen molar-refractivity contribution in [3.63, 3.8) is 0 Å². The SMILES string of the molecule is O=C(c1ccccc1)N1CCN(c2nc(Cc3ccccc3)nc3sc4c(c23)CCCCC4)CC1. The fourth-order valence-corrected chi connectivity index (χ4v) is 6.60. The summed E-state index contributed by atoms with van der Waals surface area (Å²) >= 11 is 1.88. The summed E-state index contributed by atoms with van der Waals surface area (Å²) in [6.07, 6.45) is 6.81. The number of aryl methyl sites for hydroxylation is 2. The van der Waals surface area contributed by atoms with Gasteiger partial charge in [-0.3, -0.25) is 4.79 Å². The van der Waals surface area contributed by atoms with E-state index >= 15 is 0 Å². The molecule has 2 aromatic heterocycles. The normalized spacial score (nSPS) is 16.2. The Morgan fingerprint density at radius 2 is 1.54 bits per heavy atom. The summed E-state index contributed by atoms with van der Waals surface area (Å²) in [6, 6.07) is 20.1. The number of carbonyl (C=O) groups excluding carboxylic acids is 1. The average Bonchev–Trinajstić information content (AvgIpc) is 3.09. The highest BCUT2D eigenvalue weighted by Gasteiger charge is 2.27. The summed E-state index contributed by atoms with van der Waals surface area (Å²) in [7, 11) is 0. The van der Waals surface area contributed by atoms with Crippen LogP contribution >= 0.6 is 11.3 Å². The van der Waals surface area contributed by atoms with Crippen LogP contribution in [0.2, 0.25) is 0 Å². The molecule has 5 nitrogen and oxygen atoms in total. The molecule has 6 heteroatoms. The first-order valence-corrected chi connectivity index (χ1v) is 13.5. The van der Waals surface area contributed by atoms with E-state index in [0.29, 0.717) is 13.1 Å². The van der Waals surface area contributed by atoms with Crippen LogP contribution < -0.4 is 4.90 Å². The molecule has 0 atom stereocenters. The van der Waals surface area contributed by atoms with Crippen LogP contribution in [0, 0.1) is 0 Å². The highest BCUT2D eigenvalue weighted by atomic mass is 32.1. The van der Waals surface area contributed by atoms with E-state index in [2.05, 4.69) is 29.2 Å². The standard InChI is InChI=1S/C29H30N4OS/c34-29(22-12-6-2-7-13-22)33-18-16-32(17-19-33)27-26-23-14-8-3-9-15-24(23)35-28(26)31-25(30-27)20-21-10-4-1-5-11-21/h1-2,4-7,10-13H,3,8-9,14-20H2. The van der Waals surface area contributed by atoms with Crippen molar-refractivity contribution in [3.05, 3.63) is 88.1 Å². The van der Waals surface area contributed by atoms with Gasteiger partial charge in [-0.15, -0.1) is 11.3 Å². The topological polar surface area (TPSA) is 49.3 Å². The Bertz CT molecular complexity index is 1330. The molecule has 1 aliphatic carbocycles. The lowest BCUT2D eigenvalue weighted by Crippen LogP contribution is -2.49. The second kappa shape index (κ2) is 9.78. The molecule has 6 rings (SSSR count). The van der Waals surface area contributed by atoms with E-state index in [1.807, 2.05) is 52.6 Å². The fourth-order valence-electron chi connectivity index (χ4n) is 5.33. The number of benzene rings is 2. The summed E-state index contributed by atoms with van der Waals surface area (Å²) in [5.74, 6) is 2.08. The number of hydrogen-bond donors (Lipinski definition) is 0. The predicted octanol–water partition coefficient (Wildman–Crippen LogP) is 5.51. The molecule has 1 amide bonds. The van der Waals surface area contributed by atoms with Gasteiger partial charge in [0, 0.05) is 43.0 Å². The van der Waals surface area contributed by atoms with E-state index in [0.717, 1.165) is 54.4 Å². The lowest BCUT2D eigenvalue weighted by atomic mass is 10.1. The molecule has 2 aliphatic rings. The molecule has 1 aliphatic heterocycles. The van der Waals surface area contributed by atoms with Crippen molar-refractivity contribution in [1.29, 1.82) is 0 Å².